The minimum atomic E-state index is -0.708. The first kappa shape index (κ1) is 9.93. The monoisotopic (exact) mass is 198 g/mol. The Morgan fingerprint density at radius 2 is 1.71 bits per heavy atom. The smallest absolute Gasteiger partial charge is 0.317 e. The predicted octanol–water partition coefficient (Wildman–Crippen LogP) is 0.0986. The molecule has 4 heteroatoms. The largest absolute Gasteiger partial charge is 0.480 e. The summed E-state index contributed by atoms with van der Waals surface area (Å²) in [4.78, 5) is 15.0. The zero-order valence-electron chi connectivity index (χ0n) is 8.48. The Morgan fingerprint density at radius 3 is 2.21 bits per heavy atom. The van der Waals surface area contributed by atoms with E-state index in [4.69, 9.17) is 5.11 Å². The van der Waals surface area contributed by atoms with Crippen molar-refractivity contribution in [1.82, 2.24) is 9.80 Å². The molecule has 0 aromatic rings. The average Bonchev–Trinajstić information content (AvgIpc) is 2.91. The third kappa shape index (κ3) is 2.96. The minimum Gasteiger partial charge on any atom is -0.480 e. The molecule has 0 aromatic heterocycles. The summed E-state index contributed by atoms with van der Waals surface area (Å²) in [6.45, 7) is 5.36. The van der Waals surface area contributed by atoms with Gasteiger partial charge in [-0.05, 0) is 18.8 Å². The van der Waals surface area contributed by atoms with Crippen molar-refractivity contribution in [2.24, 2.45) is 5.92 Å². The maximum Gasteiger partial charge on any atom is 0.317 e. The van der Waals surface area contributed by atoms with Crippen LogP contribution in [0.15, 0.2) is 0 Å². The fourth-order valence-electron chi connectivity index (χ4n) is 1.99. The quantitative estimate of drug-likeness (QED) is 0.695. The summed E-state index contributed by atoms with van der Waals surface area (Å²) in [5.41, 5.74) is 0. The van der Waals surface area contributed by atoms with Gasteiger partial charge in [0.25, 0.3) is 0 Å². The number of nitrogens with zero attached hydrogens (tertiary/aromatic N) is 2. The Kier molecular flexibility index (Phi) is 3.03. The van der Waals surface area contributed by atoms with E-state index in [0.717, 1.165) is 32.1 Å². The summed E-state index contributed by atoms with van der Waals surface area (Å²) in [5.74, 6) is 0.238. The first-order chi connectivity index (χ1) is 6.74. The standard InChI is InChI=1S/C10H18N2O2/c13-10(14)8-12-5-3-11(4-6-12)7-9-1-2-9/h9H,1-8H2,(H,13,14). The van der Waals surface area contributed by atoms with E-state index in [0.29, 0.717) is 0 Å². The van der Waals surface area contributed by atoms with Gasteiger partial charge in [-0.15, -0.1) is 0 Å². The zero-order chi connectivity index (χ0) is 9.97. The topological polar surface area (TPSA) is 43.8 Å². The number of rotatable bonds is 4. The summed E-state index contributed by atoms with van der Waals surface area (Å²) in [5, 5.41) is 8.63. The minimum absolute atomic E-state index is 0.206. The summed E-state index contributed by atoms with van der Waals surface area (Å²) in [7, 11) is 0. The Balaban J connectivity index is 1.66. The number of piperazine rings is 1. The molecule has 0 unspecified atom stereocenters. The Morgan fingerprint density at radius 1 is 1.14 bits per heavy atom. The molecule has 80 valence electrons. The highest BCUT2D eigenvalue weighted by atomic mass is 16.4. The number of hydrogen-bond acceptors (Lipinski definition) is 3. The molecule has 1 saturated heterocycles. The van der Waals surface area contributed by atoms with Gasteiger partial charge in [0.05, 0.1) is 6.54 Å². The molecule has 1 heterocycles. The third-order valence-electron chi connectivity index (χ3n) is 3.04. The van der Waals surface area contributed by atoms with E-state index in [1.165, 1.54) is 19.4 Å². The maximum atomic E-state index is 10.5. The van der Waals surface area contributed by atoms with Crippen LogP contribution in [0.1, 0.15) is 12.8 Å². The summed E-state index contributed by atoms with van der Waals surface area (Å²) >= 11 is 0. The van der Waals surface area contributed by atoms with Crippen molar-refractivity contribution in [2.75, 3.05) is 39.3 Å². The molecular formula is C10H18N2O2. The Labute approximate surface area is 84.5 Å². The van der Waals surface area contributed by atoms with Gasteiger partial charge in [-0.1, -0.05) is 0 Å². The molecule has 1 N–H and O–H groups in total. The SMILES string of the molecule is O=C(O)CN1CCN(CC2CC2)CC1. The molecular weight excluding hydrogens is 180 g/mol. The lowest BCUT2D eigenvalue weighted by Gasteiger charge is -2.33. The van der Waals surface area contributed by atoms with Crippen LogP contribution >= 0.6 is 0 Å². The van der Waals surface area contributed by atoms with Crippen molar-refractivity contribution in [1.29, 1.82) is 0 Å². The van der Waals surface area contributed by atoms with Crippen molar-refractivity contribution in [2.45, 2.75) is 12.8 Å². The molecule has 2 rings (SSSR count). The molecule has 14 heavy (non-hydrogen) atoms. The lowest BCUT2D eigenvalue weighted by molar-refractivity contribution is -0.138. The van der Waals surface area contributed by atoms with Crippen LogP contribution in [-0.2, 0) is 4.79 Å². The van der Waals surface area contributed by atoms with E-state index in [9.17, 15) is 4.79 Å². The van der Waals surface area contributed by atoms with Gasteiger partial charge in [-0.25, -0.2) is 0 Å². The second-order valence-corrected chi connectivity index (χ2v) is 4.41. The summed E-state index contributed by atoms with van der Waals surface area (Å²) in [6, 6.07) is 0. The van der Waals surface area contributed by atoms with E-state index < -0.39 is 5.97 Å². The average molecular weight is 198 g/mol. The molecule has 1 aliphatic heterocycles. The van der Waals surface area contributed by atoms with Gasteiger partial charge in [-0.3, -0.25) is 9.69 Å². The van der Waals surface area contributed by atoms with Crippen LogP contribution in [0.3, 0.4) is 0 Å². The molecule has 0 radical (unpaired) electrons. The summed E-state index contributed by atoms with van der Waals surface area (Å²) in [6.07, 6.45) is 2.80. The highest BCUT2D eigenvalue weighted by molar-refractivity contribution is 5.69. The van der Waals surface area contributed by atoms with E-state index in [1.54, 1.807) is 0 Å². The number of carbonyl (C=O) groups is 1. The lowest BCUT2D eigenvalue weighted by atomic mass is 10.3. The van der Waals surface area contributed by atoms with E-state index in [1.807, 2.05) is 4.90 Å². The number of carboxylic acids is 1. The van der Waals surface area contributed by atoms with Crippen LogP contribution < -0.4 is 0 Å². The molecule has 2 aliphatic rings. The Bertz CT molecular complexity index is 208. The number of hydrogen-bond donors (Lipinski definition) is 1. The Hall–Kier alpha value is -0.610. The predicted molar refractivity (Wildman–Crippen MR) is 53.2 cm³/mol. The van der Waals surface area contributed by atoms with Crippen LogP contribution in [0.4, 0.5) is 0 Å². The number of aliphatic carboxylic acids is 1. The summed E-state index contributed by atoms with van der Waals surface area (Å²) < 4.78 is 0. The highest BCUT2D eigenvalue weighted by Crippen LogP contribution is 2.29. The third-order valence-corrected chi connectivity index (χ3v) is 3.04. The van der Waals surface area contributed by atoms with Crippen LogP contribution in [0, 0.1) is 5.92 Å². The van der Waals surface area contributed by atoms with Crippen LogP contribution in [0.25, 0.3) is 0 Å². The number of carboxylic acid groups (broad SMARTS) is 1. The van der Waals surface area contributed by atoms with Gasteiger partial charge < -0.3 is 10.0 Å². The van der Waals surface area contributed by atoms with Crippen LogP contribution in [-0.4, -0.2) is 60.1 Å². The molecule has 2 fully saturated rings. The van der Waals surface area contributed by atoms with E-state index >= 15 is 0 Å². The molecule has 1 aliphatic carbocycles. The maximum absolute atomic E-state index is 10.5. The van der Waals surface area contributed by atoms with Gasteiger partial charge in [0.15, 0.2) is 0 Å². The van der Waals surface area contributed by atoms with Crippen molar-refractivity contribution in [3.63, 3.8) is 0 Å². The fourth-order valence-corrected chi connectivity index (χ4v) is 1.99. The van der Waals surface area contributed by atoms with Crippen molar-refractivity contribution in [3.05, 3.63) is 0 Å². The highest BCUT2D eigenvalue weighted by Gasteiger charge is 2.26. The fraction of sp³-hybridized carbons (Fsp3) is 0.900. The normalized spacial score (nSPS) is 25.1. The first-order valence-corrected chi connectivity index (χ1v) is 5.40. The molecule has 0 amide bonds. The molecule has 0 spiro atoms. The lowest BCUT2D eigenvalue weighted by Crippen LogP contribution is -2.48. The van der Waals surface area contributed by atoms with Gasteiger partial charge in [0.1, 0.15) is 0 Å². The van der Waals surface area contributed by atoms with E-state index in [2.05, 4.69) is 4.90 Å². The van der Waals surface area contributed by atoms with Crippen LogP contribution in [0.2, 0.25) is 0 Å². The zero-order valence-corrected chi connectivity index (χ0v) is 8.48. The second-order valence-electron chi connectivity index (χ2n) is 4.41. The van der Waals surface area contributed by atoms with Crippen molar-refractivity contribution < 1.29 is 9.90 Å². The van der Waals surface area contributed by atoms with Crippen molar-refractivity contribution in [3.8, 4) is 0 Å². The van der Waals surface area contributed by atoms with Crippen molar-refractivity contribution >= 4 is 5.97 Å². The van der Waals surface area contributed by atoms with Gasteiger partial charge >= 0.3 is 5.97 Å². The molecule has 1 saturated carbocycles. The molecule has 4 nitrogen and oxygen atoms in total. The van der Waals surface area contributed by atoms with Gasteiger partial charge in [0.2, 0.25) is 0 Å². The molecule has 0 aromatic carbocycles. The molecule has 0 bridgehead atoms. The first-order valence-electron chi connectivity index (χ1n) is 5.40. The second kappa shape index (κ2) is 4.28. The van der Waals surface area contributed by atoms with E-state index in [-0.39, 0.29) is 6.54 Å². The van der Waals surface area contributed by atoms with Gasteiger partial charge in [0, 0.05) is 32.7 Å². The van der Waals surface area contributed by atoms with Gasteiger partial charge in [-0.2, -0.15) is 0 Å². The van der Waals surface area contributed by atoms with Crippen LogP contribution in [0.5, 0.6) is 0 Å². The molecule has 0 atom stereocenters.